The molecule has 0 aliphatic rings. The normalized spacial score (nSPS) is 11.0. The summed E-state index contributed by atoms with van der Waals surface area (Å²) >= 11 is 0. The van der Waals surface area contributed by atoms with Gasteiger partial charge in [-0.1, -0.05) is 36.4 Å². The van der Waals surface area contributed by atoms with E-state index < -0.39 is 0 Å². The van der Waals surface area contributed by atoms with E-state index in [0.29, 0.717) is 0 Å². The summed E-state index contributed by atoms with van der Waals surface area (Å²) in [7, 11) is 0. The minimum absolute atomic E-state index is 0.885. The van der Waals surface area contributed by atoms with Gasteiger partial charge in [0.2, 0.25) is 0 Å². The van der Waals surface area contributed by atoms with Crippen LogP contribution in [0.2, 0.25) is 0 Å². The maximum absolute atomic E-state index is 5.57. The molecule has 4 rings (SSSR count). The lowest BCUT2D eigenvalue weighted by Crippen LogP contribution is -2.27. The van der Waals surface area contributed by atoms with Gasteiger partial charge in [-0.3, -0.25) is 9.13 Å². The third-order valence-corrected chi connectivity index (χ3v) is 3.33. The Morgan fingerprint density at radius 2 is 1.75 bits per heavy atom. The van der Waals surface area contributed by atoms with E-state index >= 15 is 0 Å². The van der Waals surface area contributed by atoms with E-state index in [1.807, 2.05) is 70.1 Å². The lowest BCUT2D eigenvalue weighted by molar-refractivity contribution is -0.599. The van der Waals surface area contributed by atoms with Crippen LogP contribution in [0.25, 0.3) is 22.3 Å². The second kappa shape index (κ2) is 4.38. The molecular formula is C17H12N2O. The average Bonchev–Trinajstić information content (AvgIpc) is 3.14. The number of nitrogens with zero attached hydrogens (tertiary/aromatic N) is 2. The first-order valence-corrected chi connectivity index (χ1v) is 6.46. The standard InChI is InChI=1S/C17H12N2O/c1-2-6-14(7-3-1)18-10-11-19(13-18)16-12-20-17-9-5-4-8-15(16)17/h1-12H. The molecular weight excluding hydrogens is 248 g/mol. The Labute approximate surface area is 116 Å². The molecule has 0 saturated heterocycles. The molecule has 2 aromatic carbocycles. The zero-order valence-electron chi connectivity index (χ0n) is 10.7. The van der Waals surface area contributed by atoms with Crippen molar-refractivity contribution in [1.82, 2.24) is 4.57 Å². The molecule has 96 valence electrons. The minimum atomic E-state index is 0.885. The van der Waals surface area contributed by atoms with Crippen molar-refractivity contribution in [3.05, 3.63) is 79.6 Å². The number of fused-ring (bicyclic) bond motifs is 1. The van der Waals surface area contributed by atoms with Crippen LogP contribution < -0.4 is 4.57 Å². The molecule has 0 fully saturated rings. The van der Waals surface area contributed by atoms with Crippen LogP contribution in [0.4, 0.5) is 0 Å². The summed E-state index contributed by atoms with van der Waals surface area (Å²) in [6, 6.07) is 18.1. The second-order valence-electron chi connectivity index (χ2n) is 4.59. The third-order valence-electron chi connectivity index (χ3n) is 3.33. The molecule has 0 bridgehead atoms. The zero-order chi connectivity index (χ0) is 13.4. The van der Waals surface area contributed by atoms with Crippen molar-refractivity contribution in [3.8, 4) is 11.4 Å². The van der Waals surface area contributed by atoms with Crippen molar-refractivity contribution in [2.75, 3.05) is 0 Å². The fourth-order valence-corrected chi connectivity index (χ4v) is 2.33. The molecule has 0 spiro atoms. The molecule has 3 heteroatoms. The van der Waals surface area contributed by atoms with Gasteiger partial charge in [-0.15, -0.1) is 0 Å². The summed E-state index contributed by atoms with van der Waals surface area (Å²) in [6.45, 7) is 0. The van der Waals surface area contributed by atoms with E-state index in [-0.39, 0.29) is 0 Å². The smallest absolute Gasteiger partial charge is 0.268 e. The van der Waals surface area contributed by atoms with Crippen LogP contribution in [0.1, 0.15) is 0 Å². The fourth-order valence-electron chi connectivity index (χ4n) is 2.33. The van der Waals surface area contributed by atoms with Crippen LogP contribution in [0.5, 0.6) is 0 Å². The number of para-hydroxylation sites is 2. The van der Waals surface area contributed by atoms with E-state index in [1.165, 1.54) is 0 Å². The van der Waals surface area contributed by atoms with Crippen LogP contribution in [0.15, 0.2) is 77.7 Å². The third kappa shape index (κ3) is 1.72. The Morgan fingerprint density at radius 3 is 2.65 bits per heavy atom. The first-order chi connectivity index (χ1) is 9.92. The molecule has 2 heterocycles. The molecule has 0 aliphatic carbocycles. The van der Waals surface area contributed by atoms with E-state index in [4.69, 9.17) is 4.42 Å². The van der Waals surface area contributed by atoms with Gasteiger partial charge in [-0.2, -0.15) is 0 Å². The van der Waals surface area contributed by atoms with E-state index in [1.54, 1.807) is 6.26 Å². The quantitative estimate of drug-likeness (QED) is 0.400. The molecule has 3 nitrogen and oxygen atoms in total. The highest BCUT2D eigenvalue weighted by atomic mass is 16.3. The molecule has 0 N–H and O–H groups in total. The molecule has 4 aromatic rings. The first kappa shape index (κ1) is 11.1. The summed E-state index contributed by atoms with van der Waals surface area (Å²) in [5.74, 6) is 0. The predicted molar refractivity (Wildman–Crippen MR) is 75.9 cm³/mol. The molecule has 2 aromatic heterocycles. The summed E-state index contributed by atoms with van der Waals surface area (Å²) in [6.07, 6.45) is 9.02. The van der Waals surface area contributed by atoms with Gasteiger partial charge < -0.3 is 4.42 Å². The molecule has 0 radical (unpaired) electrons. The fraction of sp³-hybridized carbons (Fsp3) is 0. The number of imidazole rings is 1. The van der Waals surface area contributed by atoms with Crippen LogP contribution in [-0.2, 0) is 0 Å². The highest BCUT2D eigenvalue weighted by Gasteiger charge is 2.08. The molecule has 0 amide bonds. The van der Waals surface area contributed by atoms with Gasteiger partial charge in [0.25, 0.3) is 6.33 Å². The van der Waals surface area contributed by atoms with Crippen LogP contribution in [0.3, 0.4) is 0 Å². The topological polar surface area (TPSA) is 21.9 Å². The van der Waals surface area contributed by atoms with Crippen LogP contribution in [-0.4, -0.2) is 4.57 Å². The highest BCUT2D eigenvalue weighted by molar-refractivity contribution is 5.85. The van der Waals surface area contributed by atoms with Gasteiger partial charge in [-0.25, -0.2) is 0 Å². The Balaban J connectivity index is 1.82. The van der Waals surface area contributed by atoms with Crippen LogP contribution in [0, 0.1) is 6.33 Å². The largest absolute Gasteiger partial charge is 0.468 e. The summed E-state index contributed by atoms with van der Waals surface area (Å²) < 4.78 is 9.47. The Kier molecular flexibility index (Phi) is 2.42. The molecule has 0 atom stereocenters. The van der Waals surface area contributed by atoms with Gasteiger partial charge in [0, 0.05) is 17.8 Å². The number of aromatic nitrogens is 2. The van der Waals surface area contributed by atoms with Gasteiger partial charge in [-0.05, 0) is 18.2 Å². The van der Waals surface area contributed by atoms with E-state index in [0.717, 1.165) is 22.3 Å². The summed E-state index contributed by atoms with van der Waals surface area (Å²) in [5.41, 5.74) is 2.96. The second-order valence-corrected chi connectivity index (χ2v) is 4.59. The number of benzene rings is 2. The maximum Gasteiger partial charge on any atom is 0.268 e. The van der Waals surface area contributed by atoms with Gasteiger partial charge >= 0.3 is 0 Å². The molecule has 0 saturated carbocycles. The van der Waals surface area contributed by atoms with Crippen molar-refractivity contribution in [1.29, 1.82) is 0 Å². The van der Waals surface area contributed by atoms with E-state index in [2.05, 4.69) is 12.4 Å². The Hall–Kier alpha value is -2.81. The van der Waals surface area contributed by atoms with E-state index in [9.17, 15) is 0 Å². The Bertz CT molecular complexity index is 859. The minimum Gasteiger partial charge on any atom is -0.468 e. The van der Waals surface area contributed by atoms with Crippen molar-refractivity contribution in [3.63, 3.8) is 0 Å². The van der Waals surface area contributed by atoms with Gasteiger partial charge in [0.1, 0.15) is 17.5 Å². The van der Waals surface area contributed by atoms with Crippen molar-refractivity contribution < 1.29 is 8.98 Å². The average molecular weight is 260 g/mol. The lowest BCUT2D eigenvalue weighted by Gasteiger charge is -1.99. The Morgan fingerprint density at radius 1 is 0.950 bits per heavy atom. The summed E-state index contributed by atoms with van der Waals surface area (Å²) in [4.78, 5) is 0. The number of hydrogen-bond donors (Lipinski definition) is 0. The van der Waals surface area contributed by atoms with Crippen molar-refractivity contribution in [2.24, 2.45) is 0 Å². The van der Waals surface area contributed by atoms with Gasteiger partial charge in [0.15, 0.2) is 0 Å². The SMILES string of the molecule is [c-]1n(-c2coc3ccccc23)cc[n+]1-c1ccccc1. The maximum atomic E-state index is 5.57. The van der Waals surface area contributed by atoms with Crippen LogP contribution >= 0.6 is 0 Å². The van der Waals surface area contributed by atoms with Crippen molar-refractivity contribution in [2.45, 2.75) is 0 Å². The highest BCUT2D eigenvalue weighted by Crippen LogP contribution is 2.23. The molecule has 0 aliphatic heterocycles. The number of hydrogen-bond acceptors (Lipinski definition) is 1. The number of rotatable bonds is 2. The monoisotopic (exact) mass is 260 g/mol. The first-order valence-electron chi connectivity index (χ1n) is 6.46. The molecule has 20 heavy (non-hydrogen) atoms. The zero-order valence-corrected chi connectivity index (χ0v) is 10.7. The molecule has 0 unspecified atom stereocenters. The predicted octanol–water partition coefficient (Wildman–Crippen LogP) is 3.30. The number of furan rings is 1. The van der Waals surface area contributed by atoms with Crippen molar-refractivity contribution >= 4 is 11.0 Å². The summed E-state index contributed by atoms with van der Waals surface area (Å²) in [5, 5.41) is 1.08. The lowest BCUT2D eigenvalue weighted by atomic mass is 10.2. The van der Waals surface area contributed by atoms with Gasteiger partial charge in [0.05, 0.1) is 5.69 Å².